The van der Waals surface area contributed by atoms with Crippen LogP contribution in [0.4, 0.5) is 4.39 Å². The zero-order chi connectivity index (χ0) is 25.9. The number of hydrogen-bond donors (Lipinski definition) is 0. The normalized spacial score (nSPS) is 11.8. The number of nitrogens with zero attached hydrogens (tertiary/aromatic N) is 3. The molecule has 2 heterocycles. The van der Waals surface area contributed by atoms with Crippen LogP contribution in [-0.4, -0.2) is 20.7 Å². The van der Waals surface area contributed by atoms with Gasteiger partial charge >= 0.3 is 5.97 Å². The summed E-state index contributed by atoms with van der Waals surface area (Å²) in [6, 6.07) is 26.4. The molecule has 0 saturated carbocycles. The Bertz CT molecular complexity index is 1570. The molecule has 0 fully saturated rings. The van der Waals surface area contributed by atoms with Crippen LogP contribution in [0.25, 0.3) is 22.4 Å². The fourth-order valence-electron chi connectivity index (χ4n) is 4.03. The van der Waals surface area contributed by atoms with E-state index in [4.69, 9.17) is 33.0 Å². The van der Waals surface area contributed by atoms with Gasteiger partial charge in [0.25, 0.3) is 0 Å². The van der Waals surface area contributed by atoms with E-state index in [0.29, 0.717) is 21.3 Å². The molecule has 0 aliphatic carbocycles. The average Bonchev–Trinajstić information content (AvgIpc) is 3.30. The van der Waals surface area contributed by atoms with Gasteiger partial charge in [0.05, 0.1) is 21.7 Å². The van der Waals surface area contributed by atoms with E-state index in [1.807, 2.05) is 73.7 Å². The Balaban J connectivity index is 1.74. The Morgan fingerprint density at radius 2 is 1.57 bits per heavy atom. The van der Waals surface area contributed by atoms with Crippen molar-refractivity contribution in [1.29, 1.82) is 0 Å². The molecule has 5 rings (SSSR count). The molecule has 2 aromatic heterocycles. The van der Waals surface area contributed by atoms with Crippen LogP contribution in [0, 0.1) is 5.82 Å². The Morgan fingerprint density at radius 1 is 0.892 bits per heavy atom. The van der Waals surface area contributed by atoms with Crippen molar-refractivity contribution in [3.8, 4) is 28.3 Å². The monoisotopic (exact) mass is 531 g/mol. The molecular weight excluding hydrogens is 512 g/mol. The summed E-state index contributed by atoms with van der Waals surface area (Å²) in [6.45, 7) is 1.90. The molecule has 37 heavy (non-hydrogen) atoms. The second-order valence-electron chi connectivity index (χ2n) is 8.28. The van der Waals surface area contributed by atoms with Crippen molar-refractivity contribution in [2.75, 3.05) is 0 Å². The van der Waals surface area contributed by atoms with Crippen molar-refractivity contribution in [2.45, 2.75) is 13.0 Å². The number of carbonyl (C=O) groups is 1. The van der Waals surface area contributed by atoms with E-state index < -0.39 is 23.5 Å². The largest absolute Gasteiger partial charge is 0.402 e. The maximum absolute atomic E-state index is 14.4. The second-order valence-corrected chi connectivity index (χ2v) is 9.09. The van der Waals surface area contributed by atoms with Gasteiger partial charge in [-0.25, -0.2) is 18.9 Å². The van der Waals surface area contributed by atoms with Crippen molar-refractivity contribution in [3.05, 3.63) is 124 Å². The lowest BCUT2D eigenvalue weighted by molar-refractivity contribution is 0.0706. The van der Waals surface area contributed by atoms with Crippen LogP contribution in [0.1, 0.15) is 29.0 Å². The number of pyridine rings is 1. The number of benzene rings is 3. The van der Waals surface area contributed by atoms with Gasteiger partial charge < -0.3 is 4.74 Å². The first-order valence-corrected chi connectivity index (χ1v) is 12.2. The maximum Gasteiger partial charge on any atom is 0.366 e. The highest BCUT2D eigenvalue weighted by molar-refractivity contribution is 6.42. The van der Waals surface area contributed by atoms with Gasteiger partial charge in [0.2, 0.25) is 5.88 Å². The minimum atomic E-state index is -0.933. The van der Waals surface area contributed by atoms with Crippen molar-refractivity contribution in [2.24, 2.45) is 0 Å². The zero-order valence-electron chi connectivity index (χ0n) is 19.6. The number of aromatic nitrogens is 3. The molecule has 5 nitrogen and oxygen atoms in total. The summed E-state index contributed by atoms with van der Waals surface area (Å²) in [6.07, 6.45) is 1.34. The molecule has 0 bridgehead atoms. The van der Waals surface area contributed by atoms with Crippen LogP contribution in [0.15, 0.2) is 97.2 Å². The predicted octanol–water partition coefficient (Wildman–Crippen LogP) is 7.89. The van der Waals surface area contributed by atoms with E-state index in [1.54, 1.807) is 16.8 Å². The van der Waals surface area contributed by atoms with Crippen LogP contribution < -0.4 is 4.74 Å². The first-order valence-electron chi connectivity index (χ1n) is 11.4. The number of halogens is 3. The van der Waals surface area contributed by atoms with Gasteiger partial charge in [-0.2, -0.15) is 5.10 Å². The molecule has 0 aliphatic heterocycles. The smallest absolute Gasteiger partial charge is 0.366 e. The van der Waals surface area contributed by atoms with E-state index in [9.17, 15) is 9.18 Å². The third kappa shape index (κ3) is 4.99. The van der Waals surface area contributed by atoms with Gasteiger partial charge in [-0.1, -0.05) is 89.9 Å². The summed E-state index contributed by atoms with van der Waals surface area (Å²) in [4.78, 5) is 17.1. The molecule has 184 valence electrons. The molecule has 0 amide bonds. The van der Waals surface area contributed by atoms with Gasteiger partial charge in [-0.05, 0) is 42.3 Å². The third-order valence-electron chi connectivity index (χ3n) is 5.91. The molecule has 1 unspecified atom stereocenters. The standard InChI is InChI=1S/C29H20Cl2FN3O2/c1-18(21-14-15-22(30)23(31)17-21)35-28(37-29(36)27-24(32)13-8-16-33-27)25(19-9-4-2-5-10-19)26(34-35)20-11-6-3-7-12-20/h2-18H,1H3. The lowest BCUT2D eigenvalue weighted by atomic mass is 10.0. The molecule has 0 aliphatic rings. The Labute approximate surface area is 223 Å². The molecule has 1 atom stereocenters. The van der Waals surface area contributed by atoms with Crippen LogP contribution in [0.2, 0.25) is 10.0 Å². The fraction of sp³-hybridized carbons (Fsp3) is 0.0690. The highest BCUT2D eigenvalue weighted by atomic mass is 35.5. The highest BCUT2D eigenvalue weighted by Gasteiger charge is 2.29. The van der Waals surface area contributed by atoms with Crippen molar-refractivity contribution >= 4 is 29.2 Å². The highest BCUT2D eigenvalue weighted by Crippen LogP contribution is 2.42. The predicted molar refractivity (Wildman–Crippen MR) is 143 cm³/mol. The van der Waals surface area contributed by atoms with Gasteiger partial charge in [0.15, 0.2) is 11.5 Å². The van der Waals surface area contributed by atoms with Crippen LogP contribution in [0.3, 0.4) is 0 Å². The molecular formula is C29H20Cl2FN3O2. The van der Waals surface area contributed by atoms with Crippen LogP contribution >= 0.6 is 23.2 Å². The molecule has 3 aromatic carbocycles. The van der Waals surface area contributed by atoms with Crippen molar-refractivity contribution in [1.82, 2.24) is 14.8 Å². The average molecular weight is 532 g/mol. The lowest BCUT2D eigenvalue weighted by Crippen LogP contribution is -2.18. The molecule has 5 aromatic rings. The summed E-state index contributed by atoms with van der Waals surface area (Å²) in [5, 5.41) is 5.71. The van der Waals surface area contributed by atoms with E-state index in [0.717, 1.165) is 22.8 Å². The van der Waals surface area contributed by atoms with Gasteiger partial charge in [0.1, 0.15) is 5.69 Å². The van der Waals surface area contributed by atoms with Crippen molar-refractivity contribution < 1.29 is 13.9 Å². The number of carbonyl (C=O) groups excluding carboxylic acids is 1. The summed E-state index contributed by atoms with van der Waals surface area (Å²) in [5.74, 6) is -1.56. The number of esters is 1. The summed E-state index contributed by atoms with van der Waals surface area (Å²) >= 11 is 12.4. The minimum Gasteiger partial charge on any atom is -0.402 e. The van der Waals surface area contributed by atoms with Crippen LogP contribution in [-0.2, 0) is 0 Å². The quantitative estimate of drug-likeness (QED) is 0.209. The van der Waals surface area contributed by atoms with E-state index in [-0.39, 0.29) is 5.88 Å². The number of ether oxygens (including phenoxy) is 1. The fourth-order valence-corrected chi connectivity index (χ4v) is 4.33. The van der Waals surface area contributed by atoms with Gasteiger partial charge in [-0.15, -0.1) is 0 Å². The zero-order valence-corrected chi connectivity index (χ0v) is 21.1. The Hall–Kier alpha value is -4.00. The SMILES string of the molecule is CC(c1ccc(Cl)c(Cl)c1)n1nc(-c2ccccc2)c(-c2ccccc2)c1OC(=O)c1ncccc1F. The van der Waals surface area contributed by atoms with E-state index in [2.05, 4.69) is 4.98 Å². The number of hydrogen-bond acceptors (Lipinski definition) is 4. The first kappa shape index (κ1) is 24.7. The molecule has 0 spiro atoms. The number of rotatable bonds is 6. The first-order chi connectivity index (χ1) is 17.9. The summed E-state index contributed by atoms with van der Waals surface area (Å²) < 4.78 is 21.9. The van der Waals surface area contributed by atoms with E-state index >= 15 is 0 Å². The maximum atomic E-state index is 14.4. The van der Waals surface area contributed by atoms with Crippen LogP contribution in [0.5, 0.6) is 5.88 Å². The lowest BCUT2D eigenvalue weighted by Gasteiger charge is -2.17. The molecule has 8 heteroatoms. The summed E-state index contributed by atoms with van der Waals surface area (Å²) in [7, 11) is 0. The topological polar surface area (TPSA) is 57.0 Å². The molecule has 0 radical (unpaired) electrons. The van der Waals surface area contributed by atoms with E-state index in [1.165, 1.54) is 12.3 Å². The van der Waals surface area contributed by atoms with Crippen molar-refractivity contribution in [3.63, 3.8) is 0 Å². The molecule has 0 saturated heterocycles. The third-order valence-corrected chi connectivity index (χ3v) is 6.65. The Morgan fingerprint density at radius 3 is 2.22 bits per heavy atom. The minimum absolute atomic E-state index is 0.152. The molecule has 0 N–H and O–H groups in total. The second kappa shape index (κ2) is 10.5. The summed E-state index contributed by atoms with van der Waals surface area (Å²) in [5.41, 5.74) is 3.16. The Kier molecular flexibility index (Phi) is 7.04. The van der Waals surface area contributed by atoms with Gasteiger partial charge in [-0.3, -0.25) is 0 Å². The van der Waals surface area contributed by atoms with Gasteiger partial charge in [0, 0.05) is 11.8 Å².